The maximum atomic E-state index is 2.39. The third-order valence-corrected chi connectivity index (χ3v) is 8.43. The highest BCUT2D eigenvalue weighted by molar-refractivity contribution is 5.41. The summed E-state index contributed by atoms with van der Waals surface area (Å²) in [5.41, 5.74) is 10.1. The molecule has 0 aromatic rings. The molecule has 0 radical (unpaired) electrons. The Morgan fingerprint density at radius 1 is 0.675 bits per heavy atom. The molecule has 0 aliphatic heterocycles. The summed E-state index contributed by atoms with van der Waals surface area (Å²) in [6.45, 7) is 22.7. The molecule has 0 spiro atoms. The van der Waals surface area contributed by atoms with Gasteiger partial charge in [-0.05, 0) is 82.6 Å². The summed E-state index contributed by atoms with van der Waals surface area (Å²) >= 11 is 0. The molecular weight excluding hydrogens is 480 g/mol. The highest BCUT2D eigenvalue weighted by Crippen LogP contribution is 2.43. The van der Waals surface area contributed by atoms with Crippen molar-refractivity contribution in [1.82, 2.24) is 0 Å². The minimum absolute atomic E-state index is 0.261. The van der Waals surface area contributed by atoms with E-state index in [1.807, 2.05) is 0 Å². The van der Waals surface area contributed by atoms with Gasteiger partial charge in [0, 0.05) is 0 Å². The van der Waals surface area contributed by atoms with Crippen LogP contribution < -0.4 is 0 Å². The van der Waals surface area contributed by atoms with Crippen molar-refractivity contribution < 1.29 is 0 Å². The molecule has 0 bridgehead atoms. The van der Waals surface area contributed by atoms with Gasteiger partial charge in [0.1, 0.15) is 0 Å². The zero-order valence-corrected chi connectivity index (χ0v) is 27.3. The summed E-state index contributed by atoms with van der Waals surface area (Å²) in [6, 6.07) is 0. The third kappa shape index (κ3) is 11.3. The Balaban J connectivity index is 1.89. The monoisotopic (exact) mass is 536 g/mol. The third-order valence-electron chi connectivity index (χ3n) is 8.43. The Hall–Kier alpha value is -2.86. The van der Waals surface area contributed by atoms with Gasteiger partial charge in [0.05, 0.1) is 0 Å². The van der Waals surface area contributed by atoms with Crippen molar-refractivity contribution in [3.63, 3.8) is 0 Å². The molecule has 40 heavy (non-hydrogen) atoms. The molecule has 0 nitrogen and oxygen atoms in total. The quantitative estimate of drug-likeness (QED) is 0.257. The molecule has 0 aromatic carbocycles. The summed E-state index contributed by atoms with van der Waals surface area (Å²) in [6.07, 6.45) is 39.5. The van der Waals surface area contributed by atoms with Gasteiger partial charge >= 0.3 is 0 Å². The molecule has 0 N–H and O–H groups in total. The van der Waals surface area contributed by atoms with E-state index in [9.17, 15) is 0 Å². The van der Waals surface area contributed by atoms with Gasteiger partial charge in [-0.15, -0.1) is 0 Å². The first kappa shape index (κ1) is 33.3. The van der Waals surface area contributed by atoms with Crippen LogP contribution in [0.25, 0.3) is 0 Å². The molecule has 1 unspecified atom stereocenters. The highest BCUT2D eigenvalue weighted by atomic mass is 14.4. The Morgan fingerprint density at radius 2 is 1.18 bits per heavy atom. The molecule has 1 fully saturated rings. The Bertz CT molecular complexity index is 1200. The van der Waals surface area contributed by atoms with Gasteiger partial charge in [-0.3, -0.25) is 0 Å². The molecule has 2 rings (SSSR count). The lowest BCUT2D eigenvalue weighted by atomic mass is 9.68. The van der Waals surface area contributed by atoms with Gasteiger partial charge in [-0.1, -0.05) is 166 Å². The van der Waals surface area contributed by atoms with Gasteiger partial charge in [-0.25, -0.2) is 0 Å². The van der Waals surface area contributed by atoms with Crippen molar-refractivity contribution >= 4 is 0 Å². The molecular formula is C40H56. The first-order valence-electron chi connectivity index (χ1n) is 15.3. The number of rotatable bonds is 9. The van der Waals surface area contributed by atoms with Crippen LogP contribution >= 0.6 is 0 Å². The topological polar surface area (TPSA) is 0 Å². The van der Waals surface area contributed by atoms with Crippen LogP contribution in [0.15, 0.2) is 130 Å². The summed E-state index contributed by atoms with van der Waals surface area (Å²) < 4.78 is 0. The van der Waals surface area contributed by atoms with Crippen LogP contribution in [-0.4, -0.2) is 0 Å². The fourth-order valence-corrected chi connectivity index (χ4v) is 5.77. The SMILES string of the molecule is CC(C=CC=CC(C)=CC=CC(C)=CC=C1C(C)CCCC1(C)C)=CC=CC(C)=CC=C1C(C)=CCCC1(C)C. The van der Waals surface area contributed by atoms with Crippen LogP contribution in [0.1, 0.15) is 101 Å². The second-order valence-electron chi connectivity index (χ2n) is 13.3. The molecule has 0 amide bonds. The lowest BCUT2D eigenvalue weighted by molar-refractivity contribution is 0.290. The molecule has 0 heterocycles. The normalized spacial score (nSPS) is 25.4. The minimum atomic E-state index is 0.261. The Kier molecular flexibility index (Phi) is 13.2. The van der Waals surface area contributed by atoms with Gasteiger partial charge < -0.3 is 0 Å². The van der Waals surface area contributed by atoms with E-state index in [1.165, 1.54) is 65.5 Å². The van der Waals surface area contributed by atoms with Crippen LogP contribution in [0.3, 0.4) is 0 Å². The van der Waals surface area contributed by atoms with Gasteiger partial charge in [-0.2, -0.15) is 0 Å². The molecule has 216 valence electrons. The molecule has 1 saturated carbocycles. The number of hydrogen-bond donors (Lipinski definition) is 0. The smallest absolute Gasteiger partial charge is 0.00981 e. The first-order valence-corrected chi connectivity index (χ1v) is 15.3. The maximum absolute atomic E-state index is 2.39. The summed E-state index contributed by atoms with van der Waals surface area (Å²) in [5, 5.41) is 0. The van der Waals surface area contributed by atoms with E-state index in [-0.39, 0.29) is 5.41 Å². The second kappa shape index (κ2) is 15.8. The fourth-order valence-electron chi connectivity index (χ4n) is 5.77. The second-order valence-corrected chi connectivity index (χ2v) is 13.3. The van der Waals surface area contributed by atoms with E-state index in [4.69, 9.17) is 0 Å². The van der Waals surface area contributed by atoms with Crippen LogP contribution in [-0.2, 0) is 0 Å². The predicted octanol–water partition coefficient (Wildman–Crippen LogP) is 12.5. The highest BCUT2D eigenvalue weighted by Gasteiger charge is 2.30. The molecule has 0 heteroatoms. The van der Waals surface area contributed by atoms with Gasteiger partial charge in [0.2, 0.25) is 0 Å². The summed E-state index contributed by atoms with van der Waals surface area (Å²) in [4.78, 5) is 0. The average molecular weight is 537 g/mol. The van der Waals surface area contributed by atoms with Gasteiger partial charge in [0.25, 0.3) is 0 Å². The van der Waals surface area contributed by atoms with E-state index in [0.717, 1.165) is 0 Å². The van der Waals surface area contributed by atoms with Gasteiger partial charge in [0.15, 0.2) is 0 Å². The summed E-state index contributed by atoms with van der Waals surface area (Å²) in [7, 11) is 0. The van der Waals surface area contributed by atoms with Crippen LogP contribution in [0.5, 0.6) is 0 Å². The number of allylic oxidation sites excluding steroid dienone is 22. The maximum Gasteiger partial charge on any atom is -0.00981 e. The van der Waals surface area contributed by atoms with E-state index < -0.39 is 0 Å². The Morgan fingerprint density at radius 3 is 1.70 bits per heavy atom. The minimum Gasteiger partial charge on any atom is -0.0813 e. The van der Waals surface area contributed by atoms with E-state index in [1.54, 1.807) is 5.57 Å². The zero-order chi connectivity index (χ0) is 29.8. The van der Waals surface area contributed by atoms with E-state index in [0.29, 0.717) is 11.3 Å². The van der Waals surface area contributed by atoms with Crippen molar-refractivity contribution in [2.24, 2.45) is 16.7 Å². The van der Waals surface area contributed by atoms with Crippen molar-refractivity contribution in [3.8, 4) is 0 Å². The first-order chi connectivity index (χ1) is 18.8. The number of hydrogen-bond acceptors (Lipinski definition) is 0. The van der Waals surface area contributed by atoms with Crippen molar-refractivity contribution in [2.45, 2.75) is 101 Å². The van der Waals surface area contributed by atoms with Crippen LogP contribution in [0.2, 0.25) is 0 Å². The van der Waals surface area contributed by atoms with Crippen molar-refractivity contribution in [2.75, 3.05) is 0 Å². The van der Waals surface area contributed by atoms with E-state index in [2.05, 4.69) is 160 Å². The zero-order valence-electron chi connectivity index (χ0n) is 27.3. The largest absolute Gasteiger partial charge is 0.0813 e. The molecule has 0 aromatic heterocycles. The van der Waals surface area contributed by atoms with Crippen molar-refractivity contribution in [3.05, 3.63) is 130 Å². The Labute approximate surface area is 247 Å². The molecule has 0 saturated heterocycles. The fraction of sp³-hybridized carbons (Fsp3) is 0.450. The molecule has 2 aliphatic carbocycles. The standard InChI is InChI=1S/C40H56/c1-31(19-13-21-33(3)25-27-37-35(5)23-15-29-39(37,7)8)17-11-12-18-32(2)20-14-22-34(4)26-28-38-36(6)24-16-30-40(38,9)10/h11-14,17-23,25-28,36H,15-16,24,29-30H2,1-10H3. The lowest BCUT2D eigenvalue weighted by Gasteiger charge is -2.37. The average Bonchev–Trinajstić information content (AvgIpc) is 2.85. The van der Waals surface area contributed by atoms with Crippen LogP contribution in [0, 0.1) is 16.7 Å². The lowest BCUT2D eigenvalue weighted by Crippen LogP contribution is -2.24. The van der Waals surface area contributed by atoms with Crippen LogP contribution in [0.4, 0.5) is 0 Å². The van der Waals surface area contributed by atoms with Crippen molar-refractivity contribution in [1.29, 1.82) is 0 Å². The molecule has 1 atom stereocenters. The molecule has 2 aliphatic rings. The summed E-state index contributed by atoms with van der Waals surface area (Å²) in [5.74, 6) is 0.691. The predicted molar refractivity (Wildman–Crippen MR) is 181 cm³/mol. The van der Waals surface area contributed by atoms with E-state index >= 15 is 0 Å².